The molecule has 1 aromatic heterocycles. The quantitative estimate of drug-likeness (QED) is 0.172. The molecule has 0 saturated carbocycles. The molecule has 0 fully saturated rings. The van der Waals surface area contributed by atoms with Gasteiger partial charge in [0.25, 0.3) is 0 Å². The van der Waals surface area contributed by atoms with Crippen LogP contribution in [-0.4, -0.2) is 0 Å². The van der Waals surface area contributed by atoms with Crippen molar-refractivity contribution >= 4 is 60.5 Å². The molecule has 0 unspecified atom stereocenters. The lowest BCUT2D eigenvalue weighted by molar-refractivity contribution is 0.669. The van der Waals surface area contributed by atoms with Crippen LogP contribution in [0.4, 0.5) is 17.1 Å². The standard InChI is InChI=1S/C52H31N3O/c53-32-34-5-7-39-9-11-41(29-44(39)27-34)36-13-20-46(21-14-36)55(47-22-15-37(16-23-47)42-12-10-40-8-6-35(33-54)28-45(40)30-42)48-24-17-38(18-25-48)43-19-26-52-50(31-43)49-3-1-2-4-51(49)56-52/h1-31H. The lowest BCUT2D eigenvalue weighted by atomic mass is 9.99. The molecule has 0 saturated heterocycles. The van der Waals surface area contributed by atoms with E-state index in [1.807, 2.05) is 54.6 Å². The fourth-order valence-corrected chi connectivity index (χ4v) is 7.75. The van der Waals surface area contributed by atoms with Crippen LogP contribution in [0, 0.1) is 22.7 Å². The predicted molar refractivity (Wildman–Crippen MR) is 229 cm³/mol. The van der Waals surface area contributed by atoms with Gasteiger partial charge in [-0.05, 0) is 146 Å². The lowest BCUT2D eigenvalue weighted by Gasteiger charge is -2.26. The highest BCUT2D eigenvalue weighted by Crippen LogP contribution is 2.39. The van der Waals surface area contributed by atoms with Crippen LogP contribution in [-0.2, 0) is 0 Å². The van der Waals surface area contributed by atoms with Gasteiger partial charge in [-0.2, -0.15) is 10.5 Å². The summed E-state index contributed by atoms with van der Waals surface area (Å²) in [5.74, 6) is 0. The van der Waals surface area contributed by atoms with Gasteiger partial charge >= 0.3 is 0 Å². The summed E-state index contributed by atoms with van der Waals surface area (Å²) in [6.45, 7) is 0. The summed E-state index contributed by atoms with van der Waals surface area (Å²) in [6.07, 6.45) is 0. The van der Waals surface area contributed by atoms with Gasteiger partial charge in [-0.1, -0.05) is 97.1 Å². The third-order valence-electron chi connectivity index (χ3n) is 10.7. The van der Waals surface area contributed by atoms with E-state index in [4.69, 9.17) is 4.42 Å². The van der Waals surface area contributed by atoms with Crippen molar-refractivity contribution in [1.82, 2.24) is 0 Å². The monoisotopic (exact) mass is 713 g/mol. The zero-order chi connectivity index (χ0) is 37.6. The summed E-state index contributed by atoms with van der Waals surface area (Å²) in [5.41, 5.74) is 12.8. The van der Waals surface area contributed by atoms with Crippen LogP contribution < -0.4 is 4.90 Å². The van der Waals surface area contributed by atoms with Crippen LogP contribution >= 0.6 is 0 Å². The van der Waals surface area contributed by atoms with E-state index in [1.54, 1.807) is 0 Å². The van der Waals surface area contributed by atoms with Crippen LogP contribution in [0.1, 0.15) is 11.1 Å². The molecule has 10 aromatic rings. The number of hydrogen-bond donors (Lipinski definition) is 0. The van der Waals surface area contributed by atoms with Gasteiger partial charge in [0.1, 0.15) is 11.2 Å². The number of nitriles is 2. The Balaban J connectivity index is 1.02. The summed E-state index contributed by atoms with van der Waals surface area (Å²) in [7, 11) is 0. The number of nitrogens with zero attached hydrogens (tertiary/aromatic N) is 3. The Hall–Kier alpha value is -7.92. The molecule has 260 valence electrons. The Morgan fingerprint density at radius 2 is 0.750 bits per heavy atom. The van der Waals surface area contributed by atoms with Crippen molar-refractivity contribution in [2.75, 3.05) is 4.90 Å². The molecule has 0 aliphatic carbocycles. The zero-order valence-electron chi connectivity index (χ0n) is 30.1. The first kappa shape index (κ1) is 32.7. The smallest absolute Gasteiger partial charge is 0.135 e. The summed E-state index contributed by atoms with van der Waals surface area (Å²) >= 11 is 0. The van der Waals surface area contributed by atoms with E-state index in [1.165, 1.54) is 0 Å². The highest BCUT2D eigenvalue weighted by atomic mass is 16.3. The molecule has 0 spiro atoms. The molecule has 0 aliphatic heterocycles. The molecule has 1 heterocycles. The Bertz CT molecular complexity index is 3060. The predicted octanol–water partition coefficient (Wildman–Crippen LogP) is 14.1. The van der Waals surface area contributed by atoms with Gasteiger partial charge in [0.2, 0.25) is 0 Å². The molecule has 0 amide bonds. The van der Waals surface area contributed by atoms with E-state index in [-0.39, 0.29) is 0 Å². The first-order valence-corrected chi connectivity index (χ1v) is 18.5. The molecular formula is C52H31N3O. The van der Waals surface area contributed by atoms with Crippen LogP contribution in [0.2, 0.25) is 0 Å². The van der Waals surface area contributed by atoms with Gasteiger partial charge in [-0.15, -0.1) is 0 Å². The van der Waals surface area contributed by atoms with Crippen LogP contribution in [0.15, 0.2) is 192 Å². The van der Waals surface area contributed by atoms with Gasteiger partial charge < -0.3 is 9.32 Å². The van der Waals surface area contributed by atoms with Crippen LogP contribution in [0.25, 0.3) is 76.9 Å². The fourth-order valence-electron chi connectivity index (χ4n) is 7.75. The van der Waals surface area contributed by atoms with E-state index in [0.29, 0.717) is 11.1 Å². The van der Waals surface area contributed by atoms with E-state index < -0.39 is 0 Å². The topological polar surface area (TPSA) is 64.0 Å². The van der Waals surface area contributed by atoms with Gasteiger partial charge in [0.15, 0.2) is 0 Å². The minimum absolute atomic E-state index is 0.655. The molecule has 9 aromatic carbocycles. The maximum absolute atomic E-state index is 9.45. The molecule has 0 bridgehead atoms. The van der Waals surface area contributed by atoms with Gasteiger partial charge in [0, 0.05) is 27.8 Å². The van der Waals surface area contributed by atoms with E-state index in [9.17, 15) is 10.5 Å². The molecule has 0 aliphatic rings. The van der Waals surface area contributed by atoms with Crippen LogP contribution in [0.5, 0.6) is 0 Å². The second kappa shape index (κ2) is 13.5. The molecule has 0 N–H and O–H groups in total. The molecular weight excluding hydrogens is 683 g/mol. The van der Waals surface area contributed by atoms with Crippen molar-refractivity contribution < 1.29 is 4.42 Å². The molecule has 0 radical (unpaired) electrons. The van der Waals surface area contributed by atoms with Crippen molar-refractivity contribution in [3.63, 3.8) is 0 Å². The Kier molecular flexibility index (Phi) is 7.88. The third-order valence-corrected chi connectivity index (χ3v) is 10.7. The SMILES string of the molecule is N#Cc1ccc2ccc(-c3ccc(N(c4ccc(-c5ccc6ccc(C#N)cc6c5)cc4)c4ccc(-c5ccc6oc7ccccc7c6c5)cc4)cc3)cc2c1. The summed E-state index contributed by atoms with van der Waals surface area (Å²) in [6, 6.07) is 69.5. The van der Waals surface area contributed by atoms with Crippen molar-refractivity contribution in [1.29, 1.82) is 10.5 Å². The average Bonchev–Trinajstić information content (AvgIpc) is 3.64. The number of furan rings is 1. The number of rotatable bonds is 6. The Morgan fingerprint density at radius 1 is 0.339 bits per heavy atom. The molecule has 10 rings (SSSR count). The Labute approximate surface area is 324 Å². The number of hydrogen-bond acceptors (Lipinski definition) is 4. The van der Waals surface area contributed by atoms with Crippen molar-refractivity contribution in [3.05, 3.63) is 199 Å². The number of benzene rings is 9. The van der Waals surface area contributed by atoms with E-state index >= 15 is 0 Å². The largest absolute Gasteiger partial charge is 0.456 e. The second-order valence-electron chi connectivity index (χ2n) is 14.1. The molecule has 4 heteroatoms. The average molecular weight is 714 g/mol. The summed E-state index contributed by atoms with van der Waals surface area (Å²) < 4.78 is 6.09. The van der Waals surface area contributed by atoms with Crippen molar-refractivity contribution in [2.24, 2.45) is 0 Å². The lowest BCUT2D eigenvalue weighted by Crippen LogP contribution is -2.09. The van der Waals surface area contributed by atoms with Crippen molar-refractivity contribution in [2.45, 2.75) is 0 Å². The van der Waals surface area contributed by atoms with Crippen LogP contribution in [0.3, 0.4) is 0 Å². The first-order chi connectivity index (χ1) is 27.6. The normalized spacial score (nSPS) is 11.2. The third kappa shape index (κ3) is 5.89. The minimum atomic E-state index is 0.655. The van der Waals surface area contributed by atoms with Gasteiger partial charge in [-0.25, -0.2) is 0 Å². The van der Waals surface area contributed by atoms with E-state index in [2.05, 4.69) is 150 Å². The minimum Gasteiger partial charge on any atom is -0.456 e. The van der Waals surface area contributed by atoms with Gasteiger partial charge in [-0.3, -0.25) is 0 Å². The summed E-state index contributed by atoms with van der Waals surface area (Å²) in [5, 5.41) is 25.4. The molecule has 56 heavy (non-hydrogen) atoms. The number of anilines is 3. The molecule has 0 atom stereocenters. The van der Waals surface area contributed by atoms with Crippen molar-refractivity contribution in [3.8, 4) is 45.5 Å². The van der Waals surface area contributed by atoms with Gasteiger partial charge in [0.05, 0.1) is 23.3 Å². The fraction of sp³-hybridized carbons (Fsp3) is 0. The molecule has 4 nitrogen and oxygen atoms in total. The second-order valence-corrected chi connectivity index (χ2v) is 14.1. The maximum Gasteiger partial charge on any atom is 0.135 e. The number of fused-ring (bicyclic) bond motifs is 5. The summed E-state index contributed by atoms with van der Waals surface area (Å²) in [4.78, 5) is 2.28. The highest BCUT2D eigenvalue weighted by Gasteiger charge is 2.15. The zero-order valence-corrected chi connectivity index (χ0v) is 30.1. The number of para-hydroxylation sites is 1. The highest BCUT2D eigenvalue weighted by molar-refractivity contribution is 6.06. The van der Waals surface area contributed by atoms with E-state index in [0.717, 1.165) is 93.9 Å². The Morgan fingerprint density at radius 3 is 1.25 bits per heavy atom. The maximum atomic E-state index is 9.45. The first-order valence-electron chi connectivity index (χ1n) is 18.5.